The maximum absolute atomic E-state index is 9.14. The molecule has 5 heteroatoms. The van der Waals surface area contributed by atoms with Gasteiger partial charge in [0, 0.05) is 13.1 Å². The van der Waals surface area contributed by atoms with Gasteiger partial charge in [0.05, 0.1) is 32.0 Å². The maximum atomic E-state index is 9.14. The molecule has 2 unspecified atom stereocenters. The molecule has 5 nitrogen and oxygen atoms in total. The third-order valence-electron chi connectivity index (χ3n) is 1.57. The van der Waals surface area contributed by atoms with Crippen molar-refractivity contribution in [3.63, 3.8) is 0 Å². The number of hydrogen-bond acceptors (Lipinski definition) is 5. The van der Waals surface area contributed by atoms with Gasteiger partial charge in [-0.25, -0.2) is 0 Å². The third-order valence-corrected chi connectivity index (χ3v) is 1.57. The van der Waals surface area contributed by atoms with E-state index in [4.69, 9.17) is 20.1 Å². The first-order chi connectivity index (χ1) is 6.18. The molecule has 0 aromatic heterocycles. The van der Waals surface area contributed by atoms with E-state index in [-0.39, 0.29) is 6.61 Å². The SMILES string of the molecule is CC(O)C(O)CNCCOCCO. The summed E-state index contributed by atoms with van der Waals surface area (Å²) in [4.78, 5) is 0. The normalized spacial score (nSPS) is 15.7. The van der Waals surface area contributed by atoms with Gasteiger partial charge in [0.1, 0.15) is 0 Å². The Morgan fingerprint density at radius 1 is 1.31 bits per heavy atom. The molecule has 0 spiro atoms. The Balaban J connectivity index is 3.07. The van der Waals surface area contributed by atoms with Crippen LogP contribution in [0.1, 0.15) is 6.92 Å². The Kier molecular flexibility index (Phi) is 8.27. The zero-order chi connectivity index (χ0) is 10.1. The predicted octanol–water partition coefficient (Wildman–Crippen LogP) is -1.67. The van der Waals surface area contributed by atoms with E-state index >= 15 is 0 Å². The quantitative estimate of drug-likeness (QED) is 0.346. The first-order valence-corrected chi connectivity index (χ1v) is 4.44. The minimum atomic E-state index is -0.738. The van der Waals surface area contributed by atoms with Crippen LogP contribution in [0.15, 0.2) is 0 Å². The summed E-state index contributed by atoms with van der Waals surface area (Å²) in [5, 5.41) is 29.3. The highest BCUT2D eigenvalue weighted by Crippen LogP contribution is 1.88. The summed E-state index contributed by atoms with van der Waals surface area (Å²) < 4.78 is 4.97. The summed E-state index contributed by atoms with van der Waals surface area (Å²) in [7, 11) is 0. The largest absolute Gasteiger partial charge is 0.394 e. The molecule has 0 amide bonds. The standard InChI is InChI=1S/C8H19NO4/c1-7(11)8(12)6-9-2-4-13-5-3-10/h7-12H,2-6H2,1H3. The number of rotatable bonds is 8. The average Bonchev–Trinajstić information content (AvgIpc) is 2.10. The van der Waals surface area contributed by atoms with Gasteiger partial charge in [0.2, 0.25) is 0 Å². The van der Waals surface area contributed by atoms with Crippen molar-refractivity contribution >= 4 is 0 Å². The highest BCUT2D eigenvalue weighted by molar-refractivity contribution is 4.64. The van der Waals surface area contributed by atoms with Crippen LogP contribution in [0.5, 0.6) is 0 Å². The van der Waals surface area contributed by atoms with Gasteiger partial charge in [-0.2, -0.15) is 0 Å². The van der Waals surface area contributed by atoms with Gasteiger partial charge in [0.25, 0.3) is 0 Å². The van der Waals surface area contributed by atoms with Gasteiger partial charge >= 0.3 is 0 Å². The molecule has 0 aliphatic carbocycles. The van der Waals surface area contributed by atoms with Crippen LogP contribution in [-0.2, 0) is 4.74 Å². The van der Waals surface area contributed by atoms with Crippen molar-refractivity contribution in [1.82, 2.24) is 5.32 Å². The molecule has 0 aromatic rings. The monoisotopic (exact) mass is 193 g/mol. The summed E-state index contributed by atoms with van der Waals surface area (Å²) in [5.74, 6) is 0. The highest BCUT2D eigenvalue weighted by atomic mass is 16.5. The van der Waals surface area contributed by atoms with Crippen LogP contribution in [-0.4, -0.2) is 60.4 Å². The molecular weight excluding hydrogens is 174 g/mol. The fourth-order valence-electron chi connectivity index (χ4n) is 0.731. The van der Waals surface area contributed by atoms with Crippen LogP contribution in [0.4, 0.5) is 0 Å². The lowest BCUT2D eigenvalue weighted by Gasteiger charge is -2.13. The lowest BCUT2D eigenvalue weighted by atomic mass is 10.2. The second-order valence-corrected chi connectivity index (χ2v) is 2.85. The number of nitrogens with one attached hydrogen (secondary N) is 1. The van der Waals surface area contributed by atoms with Crippen molar-refractivity contribution < 1.29 is 20.1 Å². The number of aliphatic hydroxyl groups excluding tert-OH is 3. The van der Waals surface area contributed by atoms with Crippen molar-refractivity contribution in [2.75, 3.05) is 32.9 Å². The molecular formula is C8H19NO4. The smallest absolute Gasteiger partial charge is 0.0920 e. The zero-order valence-electron chi connectivity index (χ0n) is 7.94. The van der Waals surface area contributed by atoms with E-state index in [1.807, 2.05) is 0 Å². The first-order valence-electron chi connectivity index (χ1n) is 4.44. The lowest BCUT2D eigenvalue weighted by Crippen LogP contribution is -2.36. The second-order valence-electron chi connectivity index (χ2n) is 2.85. The van der Waals surface area contributed by atoms with E-state index in [0.29, 0.717) is 26.3 Å². The molecule has 0 saturated carbocycles. The van der Waals surface area contributed by atoms with Crippen molar-refractivity contribution in [3.8, 4) is 0 Å². The topological polar surface area (TPSA) is 82.0 Å². The number of aliphatic hydroxyl groups is 3. The van der Waals surface area contributed by atoms with Crippen LogP contribution >= 0.6 is 0 Å². The van der Waals surface area contributed by atoms with Crippen molar-refractivity contribution in [3.05, 3.63) is 0 Å². The molecule has 0 radical (unpaired) electrons. The van der Waals surface area contributed by atoms with E-state index in [0.717, 1.165) is 0 Å². The van der Waals surface area contributed by atoms with Crippen LogP contribution in [0.3, 0.4) is 0 Å². The average molecular weight is 193 g/mol. The molecule has 2 atom stereocenters. The molecule has 0 aliphatic heterocycles. The summed E-state index contributed by atoms with van der Waals surface area (Å²) in [5.41, 5.74) is 0. The summed E-state index contributed by atoms with van der Waals surface area (Å²) in [6, 6.07) is 0. The van der Waals surface area contributed by atoms with Gasteiger partial charge < -0.3 is 25.4 Å². The lowest BCUT2D eigenvalue weighted by molar-refractivity contribution is 0.0298. The fourth-order valence-corrected chi connectivity index (χ4v) is 0.731. The van der Waals surface area contributed by atoms with E-state index in [1.165, 1.54) is 6.92 Å². The molecule has 4 N–H and O–H groups in total. The Bertz CT molecular complexity index is 110. The fraction of sp³-hybridized carbons (Fsp3) is 1.00. The van der Waals surface area contributed by atoms with Crippen molar-refractivity contribution in [1.29, 1.82) is 0 Å². The summed E-state index contributed by atoms with van der Waals surface area (Å²) >= 11 is 0. The predicted molar refractivity (Wildman–Crippen MR) is 48.5 cm³/mol. The Morgan fingerprint density at radius 3 is 2.54 bits per heavy atom. The molecule has 0 aromatic carbocycles. The van der Waals surface area contributed by atoms with Crippen LogP contribution < -0.4 is 5.32 Å². The molecule has 80 valence electrons. The van der Waals surface area contributed by atoms with Gasteiger partial charge in [-0.05, 0) is 6.92 Å². The Labute approximate surface area is 78.3 Å². The molecule has 0 heterocycles. The molecule has 0 bridgehead atoms. The molecule has 0 saturated heterocycles. The molecule has 0 rings (SSSR count). The zero-order valence-corrected chi connectivity index (χ0v) is 7.94. The van der Waals surface area contributed by atoms with Gasteiger partial charge in [-0.3, -0.25) is 0 Å². The minimum Gasteiger partial charge on any atom is -0.394 e. The van der Waals surface area contributed by atoms with Crippen LogP contribution in [0, 0.1) is 0 Å². The molecule has 13 heavy (non-hydrogen) atoms. The van der Waals surface area contributed by atoms with E-state index in [9.17, 15) is 0 Å². The van der Waals surface area contributed by atoms with Crippen LogP contribution in [0.2, 0.25) is 0 Å². The first kappa shape index (κ1) is 12.8. The third kappa shape index (κ3) is 8.14. The Hall–Kier alpha value is -0.200. The van der Waals surface area contributed by atoms with E-state index in [2.05, 4.69) is 5.32 Å². The summed E-state index contributed by atoms with van der Waals surface area (Å²) in [6.45, 7) is 3.34. The number of ether oxygens (including phenoxy) is 1. The molecule has 0 aliphatic rings. The van der Waals surface area contributed by atoms with Gasteiger partial charge in [-0.1, -0.05) is 0 Å². The summed E-state index contributed by atoms with van der Waals surface area (Å²) in [6.07, 6.45) is -1.45. The van der Waals surface area contributed by atoms with E-state index in [1.54, 1.807) is 0 Å². The van der Waals surface area contributed by atoms with Gasteiger partial charge in [0.15, 0.2) is 0 Å². The van der Waals surface area contributed by atoms with Gasteiger partial charge in [-0.15, -0.1) is 0 Å². The minimum absolute atomic E-state index is 0.0241. The second kappa shape index (κ2) is 8.40. The Morgan fingerprint density at radius 2 is 2.00 bits per heavy atom. The van der Waals surface area contributed by atoms with Crippen LogP contribution in [0.25, 0.3) is 0 Å². The highest BCUT2D eigenvalue weighted by Gasteiger charge is 2.08. The number of hydrogen-bond donors (Lipinski definition) is 4. The van der Waals surface area contributed by atoms with E-state index < -0.39 is 12.2 Å². The molecule has 0 fully saturated rings. The van der Waals surface area contributed by atoms with Crippen molar-refractivity contribution in [2.45, 2.75) is 19.1 Å². The van der Waals surface area contributed by atoms with Crippen molar-refractivity contribution in [2.24, 2.45) is 0 Å². The maximum Gasteiger partial charge on any atom is 0.0920 e.